The maximum absolute atomic E-state index is 5.85. The van der Waals surface area contributed by atoms with Gasteiger partial charge in [0.1, 0.15) is 5.82 Å². The molecule has 2 rings (SSSR count). The summed E-state index contributed by atoms with van der Waals surface area (Å²) in [6, 6.07) is 0. The van der Waals surface area contributed by atoms with E-state index >= 15 is 0 Å². The van der Waals surface area contributed by atoms with Crippen LogP contribution < -0.4 is 0 Å². The number of aryl methyl sites for hydroxylation is 1. The molecule has 0 aliphatic heterocycles. The molecule has 1 heterocycles. The molecule has 1 saturated carbocycles. The van der Waals surface area contributed by atoms with Gasteiger partial charge in [0.15, 0.2) is 0 Å². The van der Waals surface area contributed by atoms with Gasteiger partial charge in [0, 0.05) is 6.54 Å². The summed E-state index contributed by atoms with van der Waals surface area (Å²) >= 11 is 5.85. The molecule has 66 valence electrons. The van der Waals surface area contributed by atoms with Gasteiger partial charge in [-0.05, 0) is 36.8 Å². The molecule has 0 saturated heterocycles. The first-order chi connectivity index (χ1) is 5.68. The third-order valence-corrected chi connectivity index (χ3v) is 2.86. The highest BCUT2D eigenvalue weighted by molar-refractivity contribution is 6.28. The SMILES string of the molecule is Cc1nnc(Cl)n1CC1CC1C. The Labute approximate surface area is 76.7 Å². The summed E-state index contributed by atoms with van der Waals surface area (Å²) in [5.41, 5.74) is 0. The van der Waals surface area contributed by atoms with Crippen molar-refractivity contribution < 1.29 is 0 Å². The maximum atomic E-state index is 5.85. The number of hydrogen-bond donors (Lipinski definition) is 0. The van der Waals surface area contributed by atoms with Gasteiger partial charge in [0.25, 0.3) is 0 Å². The molecule has 4 heteroatoms. The second-order valence-corrected chi connectivity index (χ2v) is 3.94. The molecule has 2 atom stereocenters. The number of aromatic nitrogens is 3. The van der Waals surface area contributed by atoms with Crippen LogP contribution in [0.5, 0.6) is 0 Å². The Morgan fingerprint density at radius 2 is 2.25 bits per heavy atom. The number of halogens is 1. The van der Waals surface area contributed by atoms with Gasteiger partial charge in [0.05, 0.1) is 0 Å². The molecule has 0 aromatic carbocycles. The fourth-order valence-corrected chi connectivity index (χ4v) is 1.68. The second kappa shape index (κ2) is 2.73. The lowest BCUT2D eigenvalue weighted by molar-refractivity contribution is 0.580. The van der Waals surface area contributed by atoms with Gasteiger partial charge in [0.2, 0.25) is 5.28 Å². The fraction of sp³-hybridized carbons (Fsp3) is 0.750. The minimum atomic E-state index is 0.520. The van der Waals surface area contributed by atoms with E-state index in [1.54, 1.807) is 0 Å². The lowest BCUT2D eigenvalue weighted by Crippen LogP contribution is -2.03. The molecule has 1 aliphatic carbocycles. The number of hydrogen-bond acceptors (Lipinski definition) is 2. The lowest BCUT2D eigenvalue weighted by Gasteiger charge is -2.02. The van der Waals surface area contributed by atoms with Gasteiger partial charge in [-0.3, -0.25) is 0 Å². The van der Waals surface area contributed by atoms with Gasteiger partial charge in [-0.25, -0.2) is 0 Å². The van der Waals surface area contributed by atoms with Crippen LogP contribution in [-0.2, 0) is 6.54 Å². The van der Waals surface area contributed by atoms with Crippen molar-refractivity contribution in [2.45, 2.75) is 26.8 Å². The summed E-state index contributed by atoms with van der Waals surface area (Å²) in [5.74, 6) is 2.55. The Morgan fingerprint density at radius 1 is 1.58 bits per heavy atom. The lowest BCUT2D eigenvalue weighted by atomic mass is 10.3. The van der Waals surface area contributed by atoms with Gasteiger partial charge in [-0.2, -0.15) is 0 Å². The molecule has 12 heavy (non-hydrogen) atoms. The van der Waals surface area contributed by atoms with Crippen LogP contribution in [0.4, 0.5) is 0 Å². The first kappa shape index (κ1) is 8.05. The monoisotopic (exact) mass is 185 g/mol. The Balaban J connectivity index is 2.11. The molecule has 1 aromatic heterocycles. The summed E-state index contributed by atoms with van der Waals surface area (Å²) in [6.45, 7) is 5.18. The maximum Gasteiger partial charge on any atom is 0.225 e. The van der Waals surface area contributed by atoms with E-state index < -0.39 is 0 Å². The molecule has 1 aromatic rings. The van der Waals surface area contributed by atoms with Crippen LogP contribution >= 0.6 is 11.6 Å². The Hall–Kier alpha value is -0.570. The third kappa shape index (κ3) is 1.33. The van der Waals surface area contributed by atoms with Crippen LogP contribution in [0, 0.1) is 18.8 Å². The molecule has 1 fully saturated rings. The molecule has 0 spiro atoms. The third-order valence-electron chi connectivity index (χ3n) is 2.58. The van der Waals surface area contributed by atoms with E-state index in [0.717, 1.165) is 24.2 Å². The molecule has 3 nitrogen and oxygen atoms in total. The van der Waals surface area contributed by atoms with Gasteiger partial charge < -0.3 is 4.57 Å². The fourth-order valence-electron chi connectivity index (χ4n) is 1.45. The molecular formula is C8H12ClN3. The summed E-state index contributed by atoms with van der Waals surface area (Å²) in [4.78, 5) is 0. The van der Waals surface area contributed by atoms with E-state index in [9.17, 15) is 0 Å². The van der Waals surface area contributed by atoms with E-state index in [2.05, 4.69) is 17.1 Å². The van der Waals surface area contributed by atoms with E-state index in [-0.39, 0.29) is 0 Å². The van der Waals surface area contributed by atoms with Crippen molar-refractivity contribution in [1.82, 2.24) is 14.8 Å². The van der Waals surface area contributed by atoms with Crippen LogP contribution in [0.1, 0.15) is 19.2 Å². The quantitative estimate of drug-likeness (QED) is 0.705. The average Bonchev–Trinajstić information content (AvgIpc) is 2.63. The zero-order chi connectivity index (χ0) is 8.72. The molecule has 0 bridgehead atoms. The minimum Gasteiger partial charge on any atom is -0.302 e. The highest BCUT2D eigenvalue weighted by Gasteiger charge is 2.33. The average molecular weight is 186 g/mol. The molecular weight excluding hydrogens is 174 g/mol. The summed E-state index contributed by atoms with van der Waals surface area (Å²) in [5, 5.41) is 8.22. The van der Waals surface area contributed by atoms with Crippen molar-refractivity contribution in [2.24, 2.45) is 11.8 Å². The normalized spacial score (nSPS) is 27.6. The zero-order valence-corrected chi connectivity index (χ0v) is 8.04. The van der Waals surface area contributed by atoms with Gasteiger partial charge in [-0.15, -0.1) is 10.2 Å². The van der Waals surface area contributed by atoms with Crippen LogP contribution in [0.25, 0.3) is 0 Å². The minimum absolute atomic E-state index is 0.520. The van der Waals surface area contributed by atoms with E-state index in [1.165, 1.54) is 6.42 Å². The molecule has 1 aliphatic rings. The summed E-state index contributed by atoms with van der Waals surface area (Å²) < 4.78 is 1.98. The molecule has 0 N–H and O–H groups in total. The molecule has 0 amide bonds. The Kier molecular flexibility index (Phi) is 1.83. The number of rotatable bonds is 2. The summed E-state index contributed by atoms with van der Waals surface area (Å²) in [7, 11) is 0. The highest BCUT2D eigenvalue weighted by Crippen LogP contribution is 2.39. The smallest absolute Gasteiger partial charge is 0.225 e. The van der Waals surface area contributed by atoms with E-state index in [4.69, 9.17) is 11.6 Å². The van der Waals surface area contributed by atoms with E-state index in [1.807, 2.05) is 11.5 Å². The number of nitrogens with zero attached hydrogens (tertiary/aromatic N) is 3. The first-order valence-corrected chi connectivity index (χ1v) is 4.61. The topological polar surface area (TPSA) is 30.7 Å². The van der Waals surface area contributed by atoms with Crippen LogP contribution in [0.3, 0.4) is 0 Å². The van der Waals surface area contributed by atoms with Crippen molar-refractivity contribution in [3.8, 4) is 0 Å². The molecule has 2 unspecified atom stereocenters. The van der Waals surface area contributed by atoms with Crippen molar-refractivity contribution in [1.29, 1.82) is 0 Å². The van der Waals surface area contributed by atoms with Crippen molar-refractivity contribution in [3.63, 3.8) is 0 Å². The van der Waals surface area contributed by atoms with Crippen LogP contribution in [0.2, 0.25) is 5.28 Å². The van der Waals surface area contributed by atoms with Crippen molar-refractivity contribution in [3.05, 3.63) is 11.1 Å². The zero-order valence-electron chi connectivity index (χ0n) is 7.29. The predicted molar refractivity (Wildman–Crippen MR) is 47.0 cm³/mol. The van der Waals surface area contributed by atoms with Gasteiger partial charge in [-0.1, -0.05) is 6.92 Å². The van der Waals surface area contributed by atoms with Crippen molar-refractivity contribution >= 4 is 11.6 Å². The van der Waals surface area contributed by atoms with Crippen molar-refractivity contribution in [2.75, 3.05) is 0 Å². The van der Waals surface area contributed by atoms with E-state index in [0.29, 0.717) is 5.28 Å². The summed E-state index contributed by atoms with van der Waals surface area (Å²) in [6.07, 6.45) is 1.31. The second-order valence-electron chi connectivity index (χ2n) is 3.60. The highest BCUT2D eigenvalue weighted by atomic mass is 35.5. The van der Waals surface area contributed by atoms with Crippen LogP contribution in [-0.4, -0.2) is 14.8 Å². The van der Waals surface area contributed by atoms with Gasteiger partial charge >= 0.3 is 0 Å². The predicted octanol–water partition coefficient (Wildman–Crippen LogP) is 1.90. The standard InChI is InChI=1S/C8H12ClN3/c1-5-3-7(5)4-12-6(2)10-11-8(12)9/h5,7H,3-4H2,1-2H3. The van der Waals surface area contributed by atoms with Crippen LogP contribution in [0.15, 0.2) is 0 Å². The molecule has 0 radical (unpaired) electrons. The largest absolute Gasteiger partial charge is 0.302 e. The Bertz CT molecular complexity index is 275. The first-order valence-electron chi connectivity index (χ1n) is 4.24. The Morgan fingerprint density at radius 3 is 2.67 bits per heavy atom.